The molecule has 0 aliphatic carbocycles. The molecule has 0 spiro atoms. The zero-order valence-corrected chi connectivity index (χ0v) is 19.5. The zero-order chi connectivity index (χ0) is 24.2. The van der Waals surface area contributed by atoms with Gasteiger partial charge in [0.25, 0.3) is 0 Å². The first kappa shape index (κ1) is 25.1. The second-order valence-electron chi connectivity index (χ2n) is 8.00. The van der Waals surface area contributed by atoms with E-state index in [1.807, 2.05) is 61.5 Å². The van der Waals surface area contributed by atoms with Gasteiger partial charge in [0.1, 0.15) is 5.75 Å². The number of carbonyl (C=O) groups excluding carboxylic acids is 2. The van der Waals surface area contributed by atoms with Crippen LogP contribution in [0, 0.1) is 0 Å². The van der Waals surface area contributed by atoms with Crippen LogP contribution in [0.4, 0.5) is 0 Å². The zero-order valence-electron chi connectivity index (χ0n) is 19.5. The van der Waals surface area contributed by atoms with Gasteiger partial charge in [0.15, 0.2) is 5.78 Å². The fraction of sp³-hybridized carbons (Fsp3) is 0.296. The summed E-state index contributed by atoms with van der Waals surface area (Å²) in [7, 11) is 0. The van der Waals surface area contributed by atoms with Crippen LogP contribution in [0.15, 0.2) is 73.1 Å². The van der Waals surface area contributed by atoms with E-state index in [4.69, 9.17) is 10.5 Å². The number of nitrogens with two attached hydrogens (primary N) is 1. The third-order valence-electron chi connectivity index (χ3n) is 5.43. The highest BCUT2D eigenvalue weighted by atomic mass is 16.5. The molecule has 1 aromatic heterocycles. The average molecular weight is 461 g/mol. The lowest BCUT2D eigenvalue weighted by Crippen LogP contribution is -2.37. The first-order chi connectivity index (χ1) is 16.6. The van der Waals surface area contributed by atoms with Crippen LogP contribution in [-0.2, 0) is 29.1 Å². The number of pyridine rings is 1. The molecule has 2 aromatic carbocycles. The van der Waals surface area contributed by atoms with Crippen molar-refractivity contribution in [3.05, 3.63) is 95.3 Å². The molecule has 0 aliphatic rings. The Balaban J connectivity index is 1.53. The summed E-state index contributed by atoms with van der Waals surface area (Å²) in [4.78, 5) is 29.6. The third-order valence-corrected chi connectivity index (χ3v) is 5.43. The predicted octanol–water partition coefficient (Wildman–Crippen LogP) is 2.74. The highest BCUT2D eigenvalue weighted by Gasteiger charge is 2.21. The van der Waals surface area contributed by atoms with Gasteiger partial charge >= 0.3 is 0 Å². The van der Waals surface area contributed by atoms with Crippen molar-refractivity contribution < 1.29 is 14.3 Å². The number of carbonyl (C=O) groups is 2. The van der Waals surface area contributed by atoms with Crippen LogP contribution in [0.3, 0.4) is 0 Å². The van der Waals surface area contributed by atoms with Crippen molar-refractivity contribution in [2.24, 2.45) is 5.73 Å². The Labute approximate surface area is 200 Å². The Morgan fingerprint density at radius 3 is 2.35 bits per heavy atom. The number of hydrogen-bond donors (Lipinski definition) is 3. The molecule has 0 radical (unpaired) electrons. The lowest BCUT2D eigenvalue weighted by atomic mass is 9.99. The fourth-order valence-corrected chi connectivity index (χ4v) is 3.57. The minimum Gasteiger partial charge on any atom is -0.494 e. The summed E-state index contributed by atoms with van der Waals surface area (Å²) >= 11 is 0. The highest BCUT2D eigenvalue weighted by molar-refractivity contribution is 5.85. The summed E-state index contributed by atoms with van der Waals surface area (Å²) in [5.41, 5.74) is 9.41. The van der Waals surface area contributed by atoms with Gasteiger partial charge in [0.2, 0.25) is 5.91 Å². The lowest BCUT2D eigenvalue weighted by molar-refractivity contribution is -0.123. The van der Waals surface area contributed by atoms with Crippen molar-refractivity contribution in [1.82, 2.24) is 15.6 Å². The second-order valence-corrected chi connectivity index (χ2v) is 8.00. The van der Waals surface area contributed by atoms with Gasteiger partial charge in [-0.2, -0.15) is 0 Å². The molecule has 1 heterocycles. The first-order valence-electron chi connectivity index (χ1n) is 11.5. The predicted molar refractivity (Wildman–Crippen MR) is 132 cm³/mol. The summed E-state index contributed by atoms with van der Waals surface area (Å²) in [6, 6.07) is 19.0. The summed E-state index contributed by atoms with van der Waals surface area (Å²) < 4.78 is 5.43. The first-order valence-corrected chi connectivity index (χ1v) is 11.5. The van der Waals surface area contributed by atoms with E-state index in [1.165, 1.54) is 0 Å². The molecule has 0 saturated carbocycles. The largest absolute Gasteiger partial charge is 0.494 e. The molecule has 0 fully saturated rings. The van der Waals surface area contributed by atoms with Crippen molar-refractivity contribution in [3.8, 4) is 5.75 Å². The number of amides is 1. The van der Waals surface area contributed by atoms with E-state index in [0.29, 0.717) is 32.7 Å². The van der Waals surface area contributed by atoms with Gasteiger partial charge in [-0.3, -0.25) is 14.6 Å². The quantitative estimate of drug-likeness (QED) is 0.362. The van der Waals surface area contributed by atoms with Gasteiger partial charge in [0.05, 0.1) is 19.1 Å². The van der Waals surface area contributed by atoms with Gasteiger partial charge in [-0.1, -0.05) is 42.5 Å². The highest BCUT2D eigenvalue weighted by Crippen LogP contribution is 2.15. The molecule has 7 nitrogen and oxygen atoms in total. The maximum Gasteiger partial charge on any atom is 0.229 e. The van der Waals surface area contributed by atoms with Gasteiger partial charge in [-0.05, 0) is 47.4 Å². The average Bonchev–Trinajstić information content (AvgIpc) is 2.87. The SMILES string of the molecule is CCOc1ccc(CC(=O)CNC[C@H](C(=O)NCc2ccc(CN)cc2)c2cccnc2)cc1. The van der Waals surface area contributed by atoms with E-state index in [-0.39, 0.29) is 18.2 Å². The number of aromatic nitrogens is 1. The normalized spacial score (nSPS) is 11.6. The number of ether oxygens (including phenoxy) is 1. The molecular formula is C27H32N4O3. The van der Waals surface area contributed by atoms with Crippen molar-refractivity contribution in [2.75, 3.05) is 19.7 Å². The Kier molecular flexibility index (Phi) is 9.76. The molecule has 3 aromatic rings. The van der Waals surface area contributed by atoms with E-state index in [2.05, 4.69) is 15.6 Å². The van der Waals surface area contributed by atoms with Crippen LogP contribution in [0.5, 0.6) is 5.75 Å². The van der Waals surface area contributed by atoms with Crippen molar-refractivity contribution >= 4 is 11.7 Å². The molecule has 4 N–H and O–H groups in total. The summed E-state index contributed by atoms with van der Waals surface area (Å²) in [5.74, 6) is 0.254. The van der Waals surface area contributed by atoms with Gasteiger partial charge in [0, 0.05) is 38.4 Å². The Bertz CT molecular complexity index is 1040. The molecular weight excluding hydrogens is 428 g/mol. The summed E-state index contributed by atoms with van der Waals surface area (Å²) in [6.45, 7) is 3.95. The molecule has 0 unspecified atom stereocenters. The van der Waals surface area contributed by atoms with Crippen molar-refractivity contribution in [2.45, 2.75) is 32.4 Å². The topological polar surface area (TPSA) is 106 Å². The Morgan fingerprint density at radius 2 is 1.71 bits per heavy atom. The van der Waals surface area contributed by atoms with Crippen LogP contribution < -0.4 is 21.1 Å². The number of benzene rings is 2. The monoisotopic (exact) mass is 460 g/mol. The molecule has 0 bridgehead atoms. The van der Waals surface area contributed by atoms with Crippen LogP contribution in [-0.4, -0.2) is 36.4 Å². The van der Waals surface area contributed by atoms with Crippen LogP contribution >= 0.6 is 0 Å². The van der Waals surface area contributed by atoms with Gasteiger partial charge in [-0.25, -0.2) is 0 Å². The molecule has 1 atom stereocenters. The molecule has 1 amide bonds. The van der Waals surface area contributed by atoms with Crippen LogP contribution in [0.2, 0.25) is 0 Å². The number of nitrogens with zero attached hydrogens (tertiary/aromatic N) is 1. The summed E-state index contributed by atoms with van der Waals surface area (Å²) in [5, 5.41) is 6.15. The molecule has 0 saturated heterocycles. The van der Waals surface area contributed by atoms with Gasteiger partial charge < -0.3 is 21.1 Å². The van der Waals surface area contributed by atoms with Crippen molar-refractivity contribution in [1.29, 1.82) is 0 Å². The maximum absolute atomic E-state index is 13.0. The van der Waals surface area contributed by atoms with Crippen molar-refractivity contribution in [3.63, 3.8) is 0 Å². The molecule has 0 aliphatic heterocycles. The lowest BCUT2D eigenvalue weighted by Gasteiger charge is -2.18. The third kappa shape index (κ3) is 7.79. The number of Topliss-reactive ketones (excluding diaryl/α,β-unsaturated/α-hetero) is 1. The van der Waals surface area contributed by atoms with E-state index < -0.39 is 5.92 Å². The number of ketones is 1. The molecule has 34 heavy (non-hydrogen) atoms. The standard InChI is InChI=1S/C27H32N4O3/c1-2-34-25-11-9-20(10-12-25)14-24(32)18-30-19-26(23-4-3-13-29-17-23)27(33)31-16-22-7-5-21(15-28)6-8-22/h3-13,17,26,30H,2,14-16,18-19,28H2,1H3,(H,31,33)/t26-/m0/s1. The van der Waals surface area contributed by atoms with Crippen LogP contribution in [0.1, 0.15) is 35.1 Å². The van der Waals surface area contributed by atoms with E-state index in [9.17, 15) is 9.59 Å². The molecule has 178 valence electrons. The minimum absolute atomic E-state index is 0.0505. The Morgan fingerprint density at radius 1 is 1.00 bits per heavy atom. The fourth-order valence-electron chi connectivity index (χ4n) is 3.57. The Hall–Kier alpha value is -3.55. The smallest absolute Gasteiger partial charge is 0.229 e. The van der Waals surface area contributed by atoms with E-state index in [0.717, 1.165) is 28.0 Å². The second kappa shape index (κ2) is 13.2. The minimum atomic E-state index is -0.463. The number of hydrogen-bond acceptors (Lipinski definition) is 6. The molecule has 7 heteroatoms. The van der Waals surface area contributed by atoms with Gasteiger partial charge in [-0.15, -0.1) is 0 Å². The number of rotatable bonds is 13. The van der Waals surface area contributed by atoms with E-state index >= 15 is 0 Å². The van der Waals surface area contributed by atoms with Crippen LogP contribution in [0.25, 0.3) is 0 Å². The summed E-state index contributed by atoms with van der Waals surface area (Å²) in [6.07, 6.45) is 3.68. The van der Waals surface area contributed by atoms with E-state index in [1.54, 1.807) is 18.5 Å². The number of nitrogens with one attached hydrogen (secondary N) is 2. The maximum atomic E-state index is 13.0. The molecule has 3 rings (SSSR count).